The van der Waals surface area contributed by atoms with Crippen molar-refractivity contribution in [1.29, 1.82) is 0 Å². The van der Waals surface area contributed by atoms with Crippen molar-refractivity contribution >= 4 is 9.84 Å². The van der Waals surface area contributed by atoms with Crippen LogP contribution in [0.5, 0.6) is 0 Å². The first-order valence-corrected chi connectivity index (χ1v) is 8.37. The Morgan fingerprint density at radius 2 is 1.62 bits per heavy atom. The molecule has 1 saturated carbocycles. The Labute approximate surface area is 99.1 Å². The summed E-state index contributed by atoms with van der Waals surface area (Å²) in [6.07, 6.45) is 6.53. The van der Waals surface area contributed by atoms with Crippen molar-refractivity contribution in [3.05, 3.63) is 0 Å². The lowest BCUT2D eigenvalue weighted by Gasteiger charge is -2.38. The van der Waals surface area contributed by atoms with Crippen molar-refractivity contribution in [2.24, 2.45) is 5.92 Å². The van der Waals surface area contributed by atoms with E-state index in [1.165, 1.54) is 32.1 Å². The summed E-state index contributed by atoms with van der Waals surface area (Å²) in [4.78, 5) is 2.41. The first-order chi connectivity index (χ1) is 7.61. The van der Waals surface area contributed by atoms with E-state index in [1.807, 2.05) is 0 Å². The SMILES string of the molecule is CCC1CCC(N2CCS(=O)(=O)CC2)CC1. The van der Waals surface area contributed by atoms with E-state index in [1.54, 1.807) is 0 Å². The zero-order chi connectivity index (χ0) is 11.6. The van der Waals surface area contributed by atoms with E-state index in [0.717, 1.165) is 19.0 Å². The second-order valence-corrected chi connectivity index (χ2v) is 7.57. The van der Waals surface area contributed by atoms with Gasteiger partial charge in [-0.1, -0.05) is 13.3 Å². The Morgan fingerprint density at radius 3 is 2.12 bits per heavy atom. The number of hydrogen-bond acceptors (Lipinski definition) is 3. The normalized spacial score (nSPS) is 36.1. The van der Waals surface area contributed by atoms with E-state index in [9.17, 15) is 8.42 Å². The standard InChI is InChI=1S/C12H23NO2S/c1-2-11-3-5-12(6-4-11)13-7-9-16(14,15)10-8-13/h11-12H,2-10H2,1H3. The van der Waals surface area contributed by atoms with Crippen LogP contribution >= 0.6 is 0 Å². The van der Waals surface area contributed by atoms with Gasteiger partial charge in [-0.05, 0) is 31.6 Å². The molecular formula is C12H23NO2S. The van der Waals surface area contributed by atoms with E-state index >= 15 is 0 Å². The number of nitrogens with zero attached hydrogens (tertiary/aromatic N) is 1. The first kappa shape index (κ1) is 12.4. The molecule has 2 aliphatic rings. The van der Waals surface area contributed by atoms with Crippen LogP contribution in [0.3, 0.4) is 0 Å². The van der Waals surface area contributed by atoms with Gasteiger partial charge in [-0.2, -0.15) is 0 Å². The van der Waals surface area contributed by atoms with Gasteiger partial charge in [0.25, 0.3) is 0 Å². The Hall–Kier alpha value is -0.0900. The quantitative estimate of drug-likeness (QED) is 0.743. The summed E-state index contributed by atoms with van der Waals surface area (Å²) < 4.78 is 22.7. The second-order valence-electron chi connectivity index (χ2n) is 5.27. The summed E-state index contributed by atoms with van der Waals surface area (Å²) in [7, 11) is -2.71. The van der Waals surface area contributed by atoms with Crippen molar-refractivity contribution in [1.82, 2.24) is 4.90 Å². The van der Waals surface area contributed by atoms with E-state index in [4.69, 9.17) is 0 Å². The summed E-state index contributed by atoms with van der Waals surface area (Å²) >= 11 is 0. The predicted molar refractivity (Wildman–Crippen MR) is 66.3 cm³/mol. The Morgan fingerprint density at radius 1 is 1.06 bits per heavy atom. The summed E-state index contributed by atoms with van der Waals surface area (Å²) in [5.41, 5.74) is 0. The van der Waals surface area contributed by atoms with E-state index in [0.29, 0.717) is 17.5 Å². The van der Waals surface area contributed by atoms with Gasteiger partial charge in [-0.15, -0.1) is 0 Å². The van der Waals surface area contributed by atoms with Gasteiger partial charge in [0.15, 0.2) is 9.84 Å². The van der Waals surface area contributed by atoms with Crippen LogP contribution in [0.1, 0.15) is 39.0 Å². The highest BCUT2D eigenvalue weighted by molar-refractivity contribution is 7.91. The fraction of sp³-hybridized carbons (Fsp3) is 1.00. The summed E-state index contributed by atoms with van der Waals surface area (Å²) in [6.45, 7) is 3.81. The molecule has 1 heterocycles. The van der Waals surface area contributed by atoms with Gasteiger partial charge >= 0.3 is 0 Å². The molecular weight excluding hydrogens is 222 g/mol. The van der Waals surface area contributed by atoms with Gasteiger partial charge < -0.3 is 0 Å². The maximum Gasteiger partial charge on any atom is 0.152 e. The van der Waals surface area contributed by atoms with Crippen LogP contribution in [0, 0.1) is 5.92 Å². The molecule has 0 radical (unpaired) electrons. The fourth-order valence-electron chi connectivity index (χ4n) is 3.01. The minimum Gasteiger partial charge on any atom is -0.298 e. The molecule has 0 amide bonds. The molecule has 2 fully saturated rings. The van der Waals surface area contributed by atoms with Gasteiger partial charge in [-0.3, -0.25) is 4.90 Å². The molecule has 16 heavy (non-hydrogen) atoms. The smallest absolute Gasteiger partial charge is 0.152 e. The van der Waals surface area contributed by atoms with Gasteiger partial charge in [0.05, 0.1) is 11.5 Å². The monoisotopic (exact) mass is 245 g/mol. The molecule has 1 aliphatic heterocycles. The number of hydrogen-bond donors (Lipinski definition) is 0. The number of rotatable bonds is 2. The second kappa shape index (κ2) is 5.05. The first-order valence-electron chi connectivity index (χ1n) is 6.55. The van der Waals surface area contributed by atoms with E-state index in [2.05, 4.69) is 11.8 Å². The Balaban J connectivity index is 1.82. The average Bonchev–Trinajstić information content (AvgIpc) is 2.29. The molecule has 2 rings (SSSR count). The highest BCUT2D eigenvalue weighted by Crippen LogP contribution is 2.29. The molecule has 0 unspecified atom stereocenters. The molecule has 0 N–H and O–H groups in total. The minimum atomic E-state index is -2.71. The maximum atomic E-state index is 11.4. The highest BCUT2D eigenvalue weighted by Gasteiger charge is 2.29. The zero-order valence-corrected chi connectivity index (χ0v) is 11.0. The summed E-state index contributed by atoms with van der Waals surface area (Å²) in [5.74, 6) is 1.67. The molecule has 0 aromatic heterocycles. The van der Waals surface area contributed by atoms with Crippen LogP contribution in [0.2, 0.25) is 0 Å². The van der Waals surface area contributed by atoms with Crippen LogP contribution in [0.15, 0.2) is 0 Å². The molecule has 0 aromatic rings. The van der Waals surface area contributed by atoms with Gasteiger partial charge in [0, 0.05) is 19.1 Å². The molecule has 0 bridgehead atoms. The Bertz CT molecular complexity index is 304. The van der Waals surface area contributed by atoms with Gasteiger partial charge in [-0.25, -0.2) is 8.42 Å². The topological polar surface area (TPSA) is 37.4 Å². The molecule has 94 valence electrons. The number of sulfone groups is 1. The third-order valence-electron chi connectivity index (χ3n) is 4.29. The molecule has 1 aliphatic carbocycles. The third-order valence-corrected chi connectivity index (χ3v) is 5.90. The van der Waals surface area contributed by atoms with Crippen LogP contribution < -0.4 is 0 Å². The molecule has 0 aromatic carbocycles. The summed E-state index contributed by atoms with van der Waals surface area (Å²) in [6, 6.07) is 0.665. The van der Waals surface area contributed by atoms with Crippen molar-refractivity contribution in [2.45, 2.75) is 45.1 Å². The predicted octanol–water partition coefficient (Wildman–Crippen LogP) is 1.69. The molecule has 3 nitrogen and oxygen atoms in total. The lowest BCUT2D eigenvalue weighted by Crippen LogP contribution is -2.47. The molecule has 0 spiro atoms. The minimum absolute atomic E-state index is 0.376. The van der Waals surface area contributed by atoms with Crippen molar-refractivity contribution in [3.8, 4) is 0 Å². The fourth-order valence-corrected chi connectivity index (χ4v) is 4.24. The van der Waals surface area contributed by atoms with Crippen LogP contribution in [0.25, 0.3) is 0 Å². The van der Waals surface area contributed by atoms with Gasteiger partial charge in [0.1, 0.15) is 0 Å². The third kappa shape index (κ3) is 2.98. The maximum absolute atomic E-state index is 11.4. The molecule has 4 heteroatoms. The van der Waals surface area contributed by atoms with E-state index in [-0.39, 0.29) is 0 Å². The van der Waals surface area contributed by atoms with Crippen molar-refractivity contribution < 1.29 is 8.42 Å². The molecule has 0 atom stereocenters. The lowest BCUT2D eigenvalue weighted by atomic mass is 9.84. The van der Waals surface area contributed by atoms with Crippen LogP contribution in [-0.4, -0.2) is 44.0 Å². The van der Waals surface area contributed by atoms with Crippen LogP contribution in [0.4, 0.5) is 0 Å². The van der Waals surface area contributed by atoms with E-state index < -0.39 is 9.84 Å². The molecule has 1 saturated heterocycles. The van der Waals surface area contributed by atoms with Crippen LogP contribution in [-0.2, 0) is 9.84 Å². The van der Waals surface area contributed by atoms with Gasteiger partial charge in [0.2, 0.25) is 0 Å². The largest absolute Gasteiger partial charge is 0.298 e. The Kier molecular flexibility index (Phi) is 3.90. The van der Waals surface area contributed by atoms with Crippen molar-refractivity contribution in [2.75, 3.05) is 24.6 Å². The highest BCUT2D eigenvalue weighted by atomic mass is 32.2. The lowest BCUT2D eigenvalue weighted by molar-refractivity contribution is 0.145. The van der Waals surface area contributed by atoms with Crippen molar-refractivity contribution in [3.63, 3.8) is 0 Å². The summed E-state index contributed by atoms with van der Waals surface area (Å²) in [5, 5.41) is 0. The average molecular weight is 245 g/mol. The zero-order valence-electron chi connectivity index (χ0n) is 10.2.